The fraction of sp³-hybridized carbons (Fsp3) is 0.438. The summed E-state index contributed by atoms with van der Waals surface area (Å²) >= 11 is 0. The minimum absolute atomic E-state index is 0.635. The minimum Gasteiger partial charge on any atom is -0.396 e. The highest BCUT2D eigenvalue weighted by molar-refractivity contribution is 5.70. The van der Waals surface area contributed by atoms with Gasteiger partial charge in [-0.15, -0.1) is 0 Å². The first kappa shape index (κ1) is 15.5. The number of rotatable bonds is 5. The van der Waals surface area contributed by atoms with Crippen LogP contribution >= 0.6 is 0 Å². The van der Waals surface area contributed by atoms with Gasteiger partial charge in [0.2, 0.25) is 0 Å². The van der Waals surface area contributed by atoms with E-state index < -0.39 is 0 Å². The predicted molar refractivity (Wildman–Crippen MR) is 92.8 cm³/mol. The van der Waals surface area contributed by atoms with E-state index in [9.17, 15) is 0 Å². The van der Waals surface area contributed by atoms with E-state index in [1.165, 1.54) is 12.8 Å². The van der Waals surface area contributed by atoms with Gasteiger partial charge in [-0.1, -0.05) is 0 Å². The summed E-state index contributed by atoms with van der Waals surface area (Å²) in [5, 5.41) is 10.0. The summed E-state index contributed by atoms with van der Waals surface area (Å²) in [6.07, 6.45) is 7.54. The molecule has 1 atom stereocenters. The molecular weight excluding hydrogens is 290 g/mol. The number of nitrogen functional groups attached to an aromatic ring is 1. The lowest BCUT2D eigenvalue weighted by Gasteiger charge is -2.23. The monoisotopic (exact) mass is 313 g/mol. The Morgan fingerprint density at radius 2 is 2.09 bits per heavy atom. The van der Waals surface area contributed by atoms with Gasteiger partial charge in [-0.2, -0.15) is 0 Å². The Labute approximate surface area is 136 Å². The van der Waals surface area contributed by atoms with E-state index in [1.54, 1.807) is 18.6 Å². The molecule has 0 aromatic carbocycles. The maximum absolute atomic E-state index is 6.02. The van der Waals surface area contributed by atoms with Crippen molar-refractivity contribution in [3.05, 3.63) is 30.4 Å². The van der Waals surface area contributed by atoms with Crippen molar-refractivity contribution in [1.82, 2.24) is 20.3 Å². The maximum Gasteiger partial charge on any atom is 0.150 e. The summed E-state index contributed by atoms with van der Waals surface area (Å²) in [6.45, 7) is 4.99. The second kappa shape index (κ2) is 7.23. The second-order valence-corrected chi connectivity index (χ2v) is 5.92. The fourth-order valence-corrected chi connectivity index (χ4v) is 2.63. The fourth-order valence-electron chi connectivity index (χ4n) is 2.63. The molecule has 3 heterocycles. The van der Waals surface area contributed by atoms with Crippen LogP contribution < -0.4 is 21.7 Å². The molecule has 0 bridgehead atoms. The Hall–Kier alpha value is -2.41. The number of hydrogen-bond donors (Lipinski definition) is 4. The van der Waals surface area contributed by atoms with Crippen LogP contribution in [-0.4, -0.2) is 34.6 Å². The summed E-state index contributed by atoms with van der Waals surface area (Å²) in [7, 11) is 0. The van der Waals surface area contributed by atoms with E-state index in [4.69, 9.17) is 5.73 Å². The molecular formula is C16H23N7. The Kier molecular flexibility index (Phi) is 4.87. The van der Waals surface area contributed by atoms with Gasteiger partial charge in [0.05, 0.1) is 35.7 Å². The maximum atomic E-state index is 6.02. The van der Waals surface area contributed by atoms with Gasteiger partial charge in [-0.25, -0.2) is 9.97 Å². The molecule has 0 aliphatic carbocycles. The Morgan fingerprint density at radius 3 is 2.83 bits per heavy atom. The molecule has 2 aromatic heterocycles. The molecule has 3 rings (SSSR count). The van der Waals surface area contributed by atoms with Crippen molar-refractivity contribution >= 4 is 23.0 Å². The Balaban J connectivity index is 1.64. The topological polar surface area (TPSA) is 101 Å². The molecule has 1 saturated heterocycles. The number of anilines is 4. The van der Waals surface area contributed by atoms with Crippen LogP contribution in [0.25, 0.3) is 0 Å². The first-order chi connectivity index (χ1) is 11.2. The van der Waals surface area contributed by atoms with Crippen LogP contribution in [0.1, 0.15) is 18.5 Å². The lowest BCUT2D eigenvalue weighted by molar-refractivity contribution is 0.393. The number of hydrogen-bond acceptors (Lipinski definition) is 7. The Bertz CT molecular complexity index is 635. The standard InChI is InChI=1S/C16H23N7/c1-11-6-21-16(10-19-11)23-15-5-14(13(17)9-22-15)20-8-12-3-2-4-18-7-12/h5-6,9-10,12,18H,2-4,7-8,17H2,1H3,(H2,20,21,22,23)/t12-/m1/s1. The van der Waals surface area contributed by atoms with E-state index in [0.717, 1.165) is 31.0 Å². The summed E-state index contributed by atoms with van der Waals surface area (Å²) in [6, 6.07) is 1.91. The average Bonchev–Trinajstić information content (AvgIpc) is 2.58. The summed E-state index contributed by atoms with van der Waals surface area (Å²) in [5.74, 6) is 1.99. The first-order valence-electron chi connectivity index (χ1n) is 7.96. The summed E-state index contributed by atoms with van der Waals surface area (Å²) in [4.78, 5) is 12.8. The zero-order chi connectivity index (χ0) is 16.1. The van der Waals surface area contributed by atoms with Gasteiger partial charge in [0.15, 0.2) is 0 Å². The number of nitrogens with zero attached hydrogens (tertiary/aromatic N) is 3. The van der Waals surface area contributed by atoms with E-state index in [-0.39, 0.29) is 0 Å². The average molecular weight is 313 g/mol. The highest BCUT2D eigenvalue weighted by Gasteiger charge is 2.13. The van der Waals surface area contributed by atoms with Crippen molar-refractivity contribution in [2.45, 2.75) is 19.8 Å². The normalized spacial score (nSPS) is 17.7. The minimum atomic E-state index is 0.635. The second-order valence-electron chi connectivity index (χ2n) is 5.92. The summed E-state index contributed by atoms with van der Waals surface area (Å²) < 4.78 is 0. The van der Waals surface area contributed by atoms with Crippen LogP contribution in [0.5, 0.6) is 0 Å². The van der Waals surface area contributed by atoms with E-state index in [2.05, 4.69) is 30.9 Å². The zero-order valence-corrected chi connectivity index (χ0v) is 13.3. The van der Waals surface area contributed by atoms with Gasteiger partial charge in [-0.05, 0) is 38.8 Å². The quantitative estimate of drug-likeness (QED) is 0.669. The van der Waals surface area contributed by atoms with E-state index in [1.807, 2.05) is 13.0 Å². The van der Waals surface area contributed by atoms with Gasteiger partial charge >= 0.3 is 0 Å². The van der Waals surface area contributed by atoms with E-state index >= 15 is 0 Å². The van der Waals surface area contributed by atoms with Crippen LogP contribution in [0.3, 0.4) is 0 Å². The molecule has 1 aliphatic heterocycles. The third-order valence-electron chi connectivity index (χ3n) is 3.95. The molecule has 0 saturated carbocycles. The number of aryl methyl sites for hydroxylation is 1. The van der Waals surface area contributed by atoms with Gasteiger partial charge in [0.1, 0.15) is 11.6 Å². The van der Waals surface area contributed by atoms with Crippen molar-refractivity contribution in [3.8, 4) is 0 Å². The Morgan fingerprint density at radius 1 is 1.22 bits per heavy atom. The van der Waals surface area contributed by atoms with E-state index in [0.29, 0.717) is 23.2 Å². The van der Waals surface area contributed by atoms with Crippen molar-refractivity contribution in [3.63, 3.8) is 0 Å². The zero-order valence-electron chi connectivity index (χ0n) is 13.3. The van der Waals surface area contributed by atoms with Gasteiger partial charge < -0.3 is 21.7 Å². The van der Waals surface area contributed by atoms with Gasteiger partial charge in [0.25, 0.3) is 0 Å². The molecule has 7 nitrogen and oxygen atoms in total. The molecule has 122 valence electrons. The highest BCUT2D eigenvalue weighted by Crippen LogP contribution is 2.23. The highest BCUT2D eigenvalue weighted by atomic mass is 15.1. The number of pyridine rings is 1. The van der Waals surface area contributed by atoms with Gasteiger partial charge in [-0.3, -0.25) is 4.98 Å². The van der Waals surface area contributed by atoms with Gasteiger partial charge in [0, 0.05) is 12.6 Å². The number of piperidine rings is 1. The van der Waals surface area contributed by atoms with Crippen LogP contribution in [0.2, 0.25) is 0 Å². The van der Waals surface area contributed by atoms with Crippen molar-refractivity contribution in [2.24, 2.45) is 5.92 Å². The number of nitrogens with one attached hydrogen (secondary N) is 3. The largest absolute Gasteiger partial charge is 0.396 e. The summed E-state index contributed by atoms with van der Waals surface area (Å²) in [5.41, 5.74) is 8.44. The molecule has 0 radical (unpaired) electrons. The number of aromatic nitrogens is 3. The van der Waals surface area contributed by atoms with Crippen LogP contribution in [0.4, 0.5) is 23.0 Å². The molecule has 7 heteroatoms. The third-order valence-corrected chi connectivity index (χ3v) is 3.95. The molecule has 0 spiro atoms. The third kappa shape index (κ3) is 4.29. The van der Waals surface area contributed by atoms with Crippen LogP contribution in [0, 0.1) is 12.8 Å². The van der Waals surface area contributed by atoms with Crippen molar-refractivity contribution in [1.29, 1.82) is 0 Å². The van der Waals surface area contributed by atoms with Crippen LogP contribution in [-0.2, 0) is 0 Å². The molecule has 0 amide bonds. The van der Waals surface area contributed by atoms with Crippen molar-refractivity contribution < 1.29 is 0 Å². The predicted octanol–water partition coefficient (Wildman–Crippen LogP) is 1.92. The number of nitrogens with two attached hydrogens (primary N) is 1. The lowest BCUT2D eigenvalue weighted by Crippen LogP contribution is -2.33. The molecule has 2 aromatic rings. The molecule has 0 unspecified atom stereocenters. The molecule has 1 fully saturated rings. The molecule has 23 heavy (non-hydrogen) atoms. The van der Waals surface area contributed by atoms with Crippen LogP contribution in [0.15, 0.2) is 24.7 Å². The SMILES string of the molecule is Cc1cnc(Nc2cc(NC[C@@H]3CCCNC3)c(N)cn2)cn1. The lowest BCUT2D eigenvalue weighted by atomic mass is 10.00. The molecule has 5 N–H and O–H groups in total. The smallest absolute Gasteiger partial charge is 0.150 e. The van der Waals surface area contributed by atoms with Crippen molar-refractivity contribution in [2.75, 3.05) is 36.0 Å². The molecule has 1 aliphatic rings. The first-order valence-corrected chi connectivity index (χ1v) is 7.96.